The number of methoxy groups -OCH3 is 2. The Morgan fingerprint density at radius 1 is 1.08 bits per heavy atom. The number of hydrogen-bond acceptors (Lipinski definition) is 6. The molecule has 0 radical (unpaired) electrons. The zero-order valence-corrected chi connectivity index (χ0v) is 14.5. The van der Waals surface area contributed by atoms with Crippen molar-refractivity contribution in [2.75, 3.05) is 19.5 Å². The summed E-state index contributed by atoms with van der Waals surface area (Å²) in [4.78, 5) is 11.7. The summed E-state index contributed by atoms with van der Waals surface area (Å²) in [7, 11) is 3.14. The highest BCUT2D eigenvalue weighted by Gasteiger charge is 2.23. The van der Waals surface area contributed by atoms with Crippen molar-refractivity contribution in [2.24, 2.45) is 0 Å². The topological polar surface area (TPSA) is 96.2 Å². The van der Waals surface area contributed by atoms with Crippen LogP contribution in [0.3, 0.4) is 0 Å². The van der Waals surface area contributed by atoms with Crippen LogP contribution in [0.15, 0.2) is 30.5 Å². The SMILES string of the molecule is COc1ccc(OC)c(-[n+]2c(O)c[nH]c2Nc2nc(C)cc(C)n2)c1. The Kier molecular flexibility index (Phi) is 4.42. The molecule has 0 saturated carbocycles. The molecule has 25 heavy (non-hydrogen) atoms. The van der Waals surface area contributed by atoms with Gasteiger partial charge in [0.15, 0.2) is 11.4 Å². The van der Waals surface area contributed by atoms with Crippen LogP contribution in [0, 0.1) is 13.8 Å². The Morgan fingerprint density at radius 3 is 2.44 bits per heavy atom. The first-order chi connectivity index (χ1) is 12.0. The van der Waals surface area contributed by atoms with Gasteiger partial charge in [-0.05, 0) is 32.0 Å². The van der Waals surface area contributed by atoms with Gasteiger partial charge in [-0.3, -0.25) is 0 Å². The summed E-state index contributed by atoms with van der Waals surface area (Å²) >= 11 is 0. The van der Waals surface area contributed by atoms with Crippen molar-refractivity contribution >= 4 is 11.9 Å². The largest absolute Gasteiger partial charge is 0.497 e. The summed E-state index contributed by atoms with van der Waals surface area (Å²) in [6.07, 6.45) is 1.46. The van der Waals surface area contributed by atoms with Crippen LogP contribution in [0.4, 0.5) is 11.9 Å². The number of benzene rings is 1. The summed E-state index contributed by atoms with van der Waals surface area (Å²) in [5.74, 6) is 2.12. The molecule has 0 unspecified atom stereocenters. The first-order valence-electron chi connectivity index (χ1n) is 7.66. The number of aromatic nitrogens is 4. The van der Waals surface area contributed by atoms with Crippen molar-refractivity contribution < 1.29 is 19.1 Å². The smallest absolute Gasteiger partial charge is 0.370 e. The van der Waals surface area contributed by atoms with Crippen molar-refractivity contribution in [3.63, 3.8) is 0 Å². The molecule has 3 N–H and O–H groups in total. The summed E-state index contributed by atoms with van der Waals surface area (Å²) in [6.45, 7) is 3.79. The van der Waals surface area contributed by atoms with Gasteiger partial charge in [0.2, 0.25) is 0 Å². The van der Waals surface area contributed by atoms with Gasteiger partial charge in [0, 0.05) is 17.5 Å². The lowest BCUT2D eigenvalue weighted by Crippen LogP contribution is -2.33. The highest BCUT2D eigenvalue weighted by molar-refractivity contribution is 5.49. The van der Waals surface area contributed by atoms with Gasteiger partial charge in [-0.15, -0.1) is 0 Å². The molecule has 0 fully saturated rings. The standard InChI is InChI=1S/C17H19N5O3/c1-10-7-11(2)20-16(19-10)21-17-18-9-15(23)22(17)13-8-12(24-3)5-6-14(13)25-4/h5-9H,1-4H3,(H2,18,19,20,21,23)/p+1. The Balaban J connectivity index is 2.08. The van der Waals surface area contributed by atoms with Gasteiger partial charge in [0.25, 0.3) is 11.8 Å². The minimum atomic E-state index is -0.00146. The second-order valence-electron chi connectivity index (χ2n) is 5.47. The molecule has 0 spiro atoms. The molecule has 1 aromatic carbocycles. The molecule has 0 aliphatic rings. The third-order valence-corrected chi connectivity index (χ3v) is 3.63. The Labute approximate surface area is 145 Å². The van der Waals surface area contributed by atoms with Crippen molar-refractivity contribution in [1.82, 2.24) is 15.0 Å². The summed E-state index contributed by atoms with van der Waals surface area (Å²) in [5, 5.41) is 13.4. The average molecular weight is 342 g/mol. The molecule has 3 aromatic rings. The monoisotopic (exact) mass is 342 g/mol. The molecule has 8 heteroatoms. The maximum absolute atomic E-state index is 10.3. The Morgan fingerprint density at radius 2 is 1.80 bits per heavy atom. The lowest BCUT2D eigenvalue weighted by Gasteiger charge is -2.10. The van der Waals surface area contributed by atoms with Gasteiger partial charge in [-0.25, -0.2) is 20.3 Å². The number of aromatic amines is 1. The summed E-state index contributed by atoms with van der Waals surface area (Å²) < 4.78 is 12.2. The van der Waals surface area contributed by atoms with Crippen LogP contribution in [0.2, 0.25) is 0 Å². The van der Waals surface area contributed by atoms with Gasteiger partial charge < -0.3 is 14.6 Å². The number of nitrogens with one attached hydrogen (secondary N) is 2. The van der Waals surface area contributed by atoms with Gasteiger partial charge in [-0.2, -0.15) is 4.57 Å². The van der Waals surface area contributed by atoms with E-state index in [-0.39, 0.29) is 5.88 Å². The summed E-state index contributed by atoms with van der Waals surface area (Å²) in [5.41, 5.74) is 2.29. The third kappa shape index (κ3) is 3.32. The molecule has 8 nitrogen and oxygen atoms in total. The maximum Gasteiger partial charge on any atom is 0.370 e. The molecule has 0 aliphatic heterocycles. The number of H-pyrrole nitrogens is 1. The number of imidazole rings is 1. The van der Waals surface area contributed by atoms with E-state index in [0.717, 1.165) is 11.4 Å². The lowest BCUT2D eigenvalue weighted by molar-refractivity contribution is -0.587. The van der Waals surface area contributed by atoms with E-state index in [9.17, 15) is 5.11 Å². The predicted octanol–water partition coefficient (Wildman–Crippen LogP) is 2.16. The van der Waals surface area contributed by atoms with Gasteiger partial charge in [-0.1, -0.05) is 0 Å². The van der Waals surface area contributed by atoms with E-state index < -0.39 is 0 Å². The molecule has 3 rings (SSSR count). The van der Waals surface area contributed by atoms with Crippen molar-refractivity contribution in [2.45, 2.75) is 13.8 Å². The van der Waals surface area contributed by atoms with Gasteiger partial charge in [0.05, 0.1) is 14.2 Å². The lowest BCUT2D eigenvalue weighted by atomic mass is 10.2. The highest BCUT2D eigenvalue weighted by Crippen LogP contribution is 2.27. The van der Waals surface area contributed by atoms with Crippen LogP contribution in [0.25, 0.3) is 5.69 Å². The average Bonchev–Trinajstić information content (AvgIpc) is 2.93. The number of ether oxygens (including phenoxy) is 2. The van der Waals surface area contributed by atoms with E-state index in [0.29, 0.717) is 29.1 Å². The molecular weight excluding hydrogens is 322 g/mol. The van der Waals surface area contributed by atoms with Crippen molar-refractivity contribution in [3.8, 4) is 23.1 Å². The van der Waals surface area contributed by atoms with Crippen LogP contribution in [0.5, 0.6) is 17.4 Å². The second kappa shape index (κ2) is 6.68. The number of nitrogens with zero attached hydrogens (tertiary/aromatic N) is 3. The fourth-order valence-electron chi connectivity index (χ4n) is 2.57. The zero-order chi connectivity index (χ0) is 18.0. The van der Waals surface area contributed by atoms with E-state index in [1.165, 1.54) is 6.20 Å². The highest BCUT2D eigenvalue weighted by atomic mass is 16.5. The molecule has 0 amide bonds. The van der Waals surface area contributed by atoms with Gasteiger partial charge >= 0.3 is 5.95 Å². The fourth-order valence-corrected chi connectivity index (χ4v) is 2.57. The Bertz CT molecular complexity index is 887. The molecule has 2 aromatic heterocycles. The normalized spacial score (nSPS) is 10.6. The van der Waals surface area contributed by atoms with Crippen LogP contribution >= 0.6 is 0 Å². The summed E-state index contributed by atoms with van der Waals surface area (Å²) in [6, 6.07) is 7.20. The minimum absolute atomic E-state index is 0.00146. The molecule has 0 atom stereocenters. The molecule has 0 saturated heterocycles. The first kappa shape index (κ1) is 16.6. The quantitative estimate of drug-likeness (QED) is 0.615. The second-order valence-corrected chi connectivity index (χ2v) is 5.47. The van der Waals surface area contributed by atoms with E-state index in [1.807, 2.05) is 19.9 Å². The van der Waals surface area contributed by atoms with Crippen LogP contribution in [-0.2, 0) is 0 Å². The molecule has 2 heterocycles. The van der Waals surface area contributed by atoms with Crippen LogP contribution in [0.1, 0.15) is 11.4 Å². The zero-order valence-electron chi connectivity index (χ0n) is 14.5. The first-order valence-corrected chi connectivity index (χ1v) is 7.66. The van der Waals surface area contributed by atoms with Crippen molar-refractivity contribution in [3.05, 3.63) is 41.9 Å². The number of aryl methyl sites for hydroxylation is 2. The fraction of sp³-hybridized carbons (Fsp3) is 0.235. The van der Waals surface area contributed by atoms with E-state index >= 15 is 0 Å². The number of hydrogen-bond donors (Lipinski definition) is 3. The van der Waals surface area contributed by atoms with Crippen LogP contribution in [-0.4, -0.2) is 34.3 Å². The van der Waals surface area contributed by atoms with Gasteiger partial charge in [0.1, 0.15) is 11.9 Å². The minimum Gasteiger partial charge on any atom is -0.497 e. The molecule has 0 bridgehead atoms. The van der Waals surface area contributed by atoms with Crippen LogP contribution < -0.4 is 19.4 Å². The number of anilines is 2. The Hall–Kier alpha value is -3.29. The van der Waals surface area contributed by atoms with E-state index in [2.05, 4.69) is 20.3 Å². The number of aromatic hydroxyl groups is 1. The maximum atomic E-state index is 10.3. The van der Waals surface area contributed by atoms with E-state index in [1.54, 1.807) is 37.0 Å². The predicted molar refractivity (Wildman–Crippen MR) is 91.9 cm³/mol. The van der Waals surface area contributed by atoms with Crippen molar-refractivity contribution in [1.29, 1.82) is 0 Å². The van der Waals surface area contributed by atoms with E-state index in [4.69, 9.17) is 9.47 Å². The molecule has 0 aliphatic carbocycles. The third-order valence-electron chi connectivity index (χ3n) is 3.63. The number of rotatable bonds is 5. The molecular formula is C17H20N5O3+. The molecule has 130 valence electrons.